The van der Waals surface area contributed by atoms with Gasteiger partial charge in [0.1, 0.15) is 0 Å². The van der Waals surface area contributed by atoms with Crippen LogP contribution in [0.3, 0.4) is 0 Å². The zero-order chi connectivity index (χ0) is 46.5. The van der Waals surface area contributed by atoms with E-state index in [-0.39, 0.29) is 0 Å². The zero-order valence-corrected chi connectivity index (χ0v) is 41.0. The summed E-state index contributed by atoms with van der Waals surface area (Å²) in [6.45, 7) is 5.95. The quantitative estimate of drug-likeness (QED) is 0.137. The molecule has 3 aliphatic carbocycles. The van der Waals surface area contributed by atoms with Crippen molar-refractivity contribution in [3.63, 3.8) is 0 Å². The third kappa shape index (κ3) is 6.63. The minimum absolute atomic E-state index is 0.540. The molecule has 4 heterocycles. The lowest BCUT2D eigenvalue weighted by atomic mass is 9.47. The lowest BCUT2D eigenvalue weighted by molar-refractivity contribution is -0.0823. The lowest BCUT2D eigenvalue weighted by Crippen LogP contribution is -2.68. The molecule has 7 aromatic carbocycles. The van der Waals surface area contributed by atoms with E-state index in [9.17, 15) is 0 Å². The number of aromatic nitrogens is 4. The Balaban J connectivity index is 0.958. The first-order valence-corrected chi connectivity index (χ1v) is 27.7. The molecule has 2 aromatic heterocycles. The maximum atomic E-state index is 5.57. The normalized spacial score (nSPS) is 24.8. The largest absolute Gasteiger partial charge is 0.368 e. The van der Waals surface area contributed by atoms with Crippen molar-refractivity contribution < 1.29 is 0 Å². The van der Waals surface area contributed by atoms with E-state index >= 15 is 0 Å². The molecule has 5 aliphatic rings. The number of hydrogen-bond acceptors (Lipinski definition) is 5. The van der Waals surface area contributed by atoms with Gasteiger partial charge in [0.05, 0.1) is 11.0 Å². The molecule has 0 spiro atoms. The van der Waals surface area contributed by atoms with Crippen LogP contribution in [-0.2, 0) is 0 Å². The number of anilines is 2. The molecule has 2 aliphatic heterocycles. The van der Waals surface area contributed by atoms with E-state index in [1.165, 1.54) is 86.7 Å². The molecule has 2 bridgehead atoms. The summed E-state index contributed by atoms with van der Waals surface area (Å²) >= 11 is 0. The number of piperidine rings is 1. The van der Waals surface area contributed by atoms with E-state index in [4.69, 9.17) is 15.0 Å². The topological polar surface area (TPSA) is 50.1 Å². The maximum Gasteiger partial charge on any atom is 0.238 e. The second kappa shape index (κ2) is 16.7. The Morgan fingerprint density at radius 1 is 0.514 bits per heavy atom. The molecule has 7 heteroatoms. The Hall–Kier alpha value is -6.70. The number of rotatable bonds is 10. The summed E-state index contributed by atoms with van der Waals surface area (Å²) in [7, 11) is -1.95. The molecule has 70 heavy (non-hydrogen) atoms. The Labute approximate surface area is 413 Å². The first kappa shape index (κ1) is 42.2. The van der Waals surface area contributed by atoms with Gasteiger partial charge in [-0.25, -0.2) is 4.98 Å². The summed E-state index contributed by atoms with van der Waals surface area (Å²) in [5.74, 6) is 6.32. The third-order valence-electron chi connectivity index (χ3n) is 17.5. The van der Waals surface area contributed by atoms with Gasteiger partial charge in [-0.05, 0) is 160 Å². The summed E-state index contributed by atoms with van der Waals surface area (Å²) in [5.41, 5.74) is 6.82. The molecule has 8 atom stereocenters. The number of benzene rings is 7. The molecule has 5 fully saturated rings. The average Bonchev–Trinajstić information content (AvgIpc) is 3.90. The SMILES string of the molecule is CCC1CC2CC(C1)N(c1cccc(-c3nc(-c4cccc(S(c5ccccc5)(c5ccccc5)c5ccccc5)c4)nc(-n4c5ccccc5c5cc(N6C(C)CC7CC8CC6C78)ccc54)n3)c1)C2. The minimum Gasteiger partial charge on any atom is -0.368 e. The molecule has 6 nitrogen and oxygen atoms in total. The molecule has 0 N–H and O–H groups in total. The van der Waals surface area contributed by atoms with Crippen molar-refractivity contribution in [3.8, 4) is 28.7 Å². The number of nitrogens with zero attached hydrogens (tertiary/aromatic N) is 6. The van der Waals surface area contributed by atoms with E-state index in [1.807, 2.05) is 0 Å². The maximum absolute atomic E-state index is 5.57. The van der Waals surface area contributed by atoms with Crippen LogP contribution in [0.2, 0.25) is 0 Å². The summed E-state index contributed by atoms with van der Waals surface area (Å²) < 4.78 is 2.31. The van der Waals surface area contributed by atoms with Crippen LogP contribution in [0.4, 0.5) is 11.4 Å². The van der Waals surface area contributed by atoms with E-state index in [1.54, 1.807) is 0 Å². The Bertz CT molecular complexity index is 3310. The standard InChI is InChI=1S/C63H60N6S/c1-3-42-32-43-34-50(33-42)67(40-43)48-19-15-17-44(36-48)61-64-62(45-18-16-26-54(37-45)70(51-20-7-4-8-21-51,52-22-9-5-10-23-52)53-24-11-6-12-25-53)66-63(65-61)69-57-28-14-13-27-55(57)56-39-49(29-30-58(56)69)68-41(2)31-46-35-47-38-59(68)60(46)47/h4-30,36-37,39,41-43,46-47,50,59-60H,3,31-35,38,40H2,1-2H3. The Morgan fingerprint density at radius 3 is 1.84 bits per heavy atom. The third-order valence-corrected chi connectivity index (χ3v) is 21.4. The summed E-state index contributed by atoms with van der Waals surface area (Å²) in [6, 6.07) is 69.2. The molecule has 3 saturated carbocycles. The highest BCUT2D eigenvalue weighted by Gasteiger charge is 2.59. The van der Waals surface area contributed by atoms with Crippen molar-refractivity contribution in [1.29, 1.82) is 0 Å². The first-order valence-electron chi connectivity index (χ1n) is 26.1. The smallest absolute Gasteiger partial charge is 0.238 e. The van der Waals surface area contributed by atoms with Gasteiger partial charge in [0.2, 0.25) is 5.95 Å². The molecule has 14 rings (SSSR count). The van der Waals surface area contributed by atoms with Gasteiger partial charge in [0.15, 0.2) is 11.6 Å². The molecule has 9 aromatic rings. The second-order valence-corrected chi connectivity index (χ2v) is 24.4. The zero-order valence-electron chi connectivity index (χ0n) is 40.2. The van der Waals surface area contributed by atoms with Gasteiger partial charge in [0.25, 0.3) is 0 Å². The van der Waals surface area contributed by atoms with Crippen LogP contribution < -0.4 is 9.80 Å². The predicted octanol–water partition coefficient (Wildman–Crippen LogP) is 15.3. The molecule has 2 saturated heterocycles. The number of para-hydroxylation sites is 1. The first-order chi connectivity index (χ1) is 34.5. The van der Waals surface area contributed by atoms with Crippen LogP contribution in [0.15, 0.2) is 202 Å². The van der Waals surface area contributed by atoms with Gasteiger partial charge in [-0.15, -0.1) is 10.0 Å². The van der Waals surface area contributed by atoms with Crippen molar-refractivity contribution in [3.05, 3.63) is 182 Å². The second-order valence-electron chi connectivity index (χ2n) is 21.2. The fourth-order valence-electron chi connectivity index (χ4n) is 14.3. The van der Waals surface area contributed by atoms with E-state index in [0.29, 0.717) is 35.7 Å². The van der Waals surface area contributed by atoms with Gasteiger partial charge >= 0.3 is 0 Å². The van der Waals surface area contributed by atoms with Crippen LogP contribution in [0.5, 0.6) is 0 Å². The van der Waals surface area contributed by atoms with Gasteiger partial charge in [-0.3, -0.25) is 4.57 Å². The molecule has 8 unspecified atom stereocenters. The highest BCUT2D eigenvalue weighted by Crippen LogP contribution is 2.73. The van der Waals surface area contributed by atoms with Crippen molar-refractivity contribution in [2.24, 2.45) is 29.6 Å². The molecular formula is C63H60N6S. The summed E-state index contributed by atoms with van der Waals surface area (Å²) in [4.78, 5) is 27.2. The van der Waals surface area contributed by atoms with Crippen LogP contribution in [0.1, 0.15) is 58.8 Å². The van der Waals surface area contributed by atoms with Crippen LogP contribution >= 0.6 is 10.0 Å². The number of fused-ring (bicyclic) bond motifs is 5. The van der Waals surface area contributed by atoms with E-state index in [2.05, 4.69) is 210 Å². The highest BCUT2D eigenvalue weighted by atomic mass is 32.3. The summed E-state index contributed by atoms with van der Waals surface area (Å²) in [5, 5.41) is 2.46. The van der Waals surface area contributed by atoms with E-state index < -0.39 is 10.0 Å². The van der Waals surface area contributed by atoms with Crippen molar-refractivity contribution in [1.82, 2.24) is 19.5 Å². The van der Waals surface area contributed by atoms with E-state index in [0.717, 1.165) is 58.3 Å². The van der Waals surface area contributed by atoms with Crippen LogP contribution in [0, 0.1) is 29.6 Å². The molecule has 0 radical (unpaired) electrons. The van der Waals surface area contributed by atoms with Crippen LogP contribution in [-0.4, -0.2) is 44.2 Å². The fourth-order valence-corrected chi connectivity index (χ4v) is 18.2. The monoisotopic (exact) mass is 932 g/mol. The van der Waals surface area contributed by atoms with Crippen molar-refractivity contribution in [2.45, 2.75) is 96.5 Å². The molecule has 348 valence electrons. The van der Waals surface area contributed by atoms with Crippen molar-refractivity contribution >= 4 is 43.2 Å². The fraction of sp³-hybridized carbons (Fsp3) is 0.286. The Kier molecular flexibility index (Phi) is 10.1. The van der Waals surface area contributed by atoms with Gasteiger partial charge in [-0.1, -0.05) is 110 Å². The Morgan fingerprint density at radius 2 is 1.14 bits per heavy atom. The van der Waals surface area contributed by atoms with Gasteiger partial charge < -0.3 is 9.80 Å². The van der Waals surface area contributed by atoms with Crippen molar-refractivity contribution in [2.75, 3.05) is 16.3 Å². The predicted molar refractivity (Wildman–Crippen MR) is 287 cm³/mol. The molecular weight excluding hydrogens is 873 g/mol. The highest BCUT2D eigenvalue weighted by molar-refractivity contribution is 8.34. The average molecular weight is 933 g/mol. The van der Waals surface area contributed by atoms with Gasteiger partial charge in [0, 0.05) is 77.5 Å². The minimum atomic E-state index is -1.95. The lowest BCUT2D eigenvalue weighted by Gasteiger charge is -2.67. The number of hydrogen-bond donors (Lipinski definition) is 0. The van der Waals surface area contributed by atoms with Crippen LogP contribution in [0.25, 0.3) is 50.5 Å². The molecule has 0 amide bonds. The summed E-state index contributed by atoms with van der Waals surface area (Å²) in [6.07, 6.45) is 9.29. The van der Waals surface area contributed by atoms with Gasteiger partial charge in [-0.2, -0.15) is 9.97 Å².